The van der Waals surface area contributed by atoms with E-state index in [9.17, 15) is 0 Å². The molecule has 0 fully saturated rings. The zero-order valence-electron chi connectivity index (χ0n) is 13.7. The van der Waals surface area contributed by atoms with Crippen molar-refractivity contribution in [3.05, 3.63) is 71.5 Å². The minimum absolute atomic E-state index is 0.670. The van der Waals surface area contributed by atoms with Crippen molar-refractivity contribution in [2.45, 2.75) is 20.4 Å². The molecule has 0 aliphatic rings. The van der Waals surface area contributed by atoms with E-state index in [1.807, 2.05) is 31.2 Å². The molecule has 1 aromatic carbocycles. The van der Waals surface area contributed by atoms with Crippen LogP contribution in [0.2, 0.25) is 0 Å². The number of benzene rings is 1. The number of nitrogens with zero attached hydrogens (tertiary/aromatic N) is 4. The zero-order chi connectivity index (χ0) is 16.2. The van der Waals surface area contributed by atoms with E-state index in [4.69, 9.17) is 4.98 Å². The Hall–Kier alpha value is -2.75. The maximum atomic E-state index is 4.75. The molecule has 0 amide bonds. The number of aromatic nitrogens is 3. The Kier molecular flexibility index (Phi) is 4.33. The van der Waals surface area contributed by atoms with Crippen molar-refractivity contribution in [3.63, 3.8) is 0 Å². The van der Waals surface area contributed by atoms with E-state index < -0.39 is 0 Å². The van der Waals surface area contributed by atoms with E-state index in [1.165, 1.54) is 5.56 Å². The molecule has 0 atom stereocenters. The largest absolute Gasteiger partial charge is 0.355 e. The molecule has 23 heavy (non-hydrogen) atoms. The molecule has 0 N–H and O–H groups in total. The second-order valence-corrected chi connectivity index (χ2v) is 5.64. The van der Waals surface area contributed by atoms with Gasteiger partial charge in [-0.05, 0) is 31.5 Å². The second kappa shape index (κ2) is 6.57. The van der Waals surface area contributed by atoms with E-state index in [0.717, 1.165) is 29.3 Å². The summed E-state index contributed by atoms with van der Waals surface area (Å²) in [5, 5.41) is 0. The quantitative estimate of drug-likeness (QED) is 0.735. The molecule has 3 aromatic rings. The van der Waals surface area contributed by atoms with Gasteiger partial charge in [-0.1, -0.05) is 36.4 Å². The summed E-state index contributed by atoms with van der Waals surface area (Å²) >= 11 is 0. The van der Waals surface area contributed by atoms with E-state index in [2.05, 4.69) is 53.1 Å². The van der Waals surface area contributed by atoms with Gasteiger partial charge >= 0.3 is 0 Å². The Morgan fingerprint density at radius 3 is 2.35 bits per heavy atom. The van der Waals surface area contributed by atoms with Crippen molar-refractivity contribution in [3.8, 4) is 11.5 Å². The number of aryl methyl sites for hydroxylation is 1. The third-order valence-electron chi connectivity index (χ3n) is 3.88. The summed E-state index contributed by atoms with van der Waals surface area (Å²) < 4.78 is 0. The molecule has 0 saturated carbocycles. The van der Waals surface area contributed by atoms with Crippen LogP contribution in [0.3, 0.4) is 0 Å². The van der Waals surface area contributed by atoms with E-state index >= 15 is 0 Å². The van der Waals surface area contributed by atoms with Gasteiger partial charge in [0.15, 0.2) is 5.82 Å². The lowest BCUT2D eigenvalue weighted by atomic mass is 10.2. The second-order valence-electron chi connectivity index (χ2n) is 5.64. The third-order valence-corrected chi connectivity index (χ3v) is 3.88. The van der Waals surface area contributed by atoms with E-state index in [-0.39, 0.29) is 0 Å². The smallest absolute Gasteiger partial charge is 0.180 e. The van der Waals surface area contributed by atoms with Gasteiger partial charge in [-0.3, -0.25) is 4.98 Å². The van der Waals surface area contributed by atoms with Gasteiger partial charge in [-0.25, -0.2) is 9.97 Å². The zero-order valence-corrected chi connectivity index (χ0v) is 13.7. The molecular weight excluding hydrogens is 284 g/mol. The van der Waals surface area contributed by atoms with Crippen LogP contribution in [0.4, 0.5) is 5.82 Å². The number of rotatable bonds is 4. The molecule has 4 heteroatoms. The highest BCUT2D eigenvalue weighted by molar-refractivity contribution is 5.57. The topological polar surface area (TPSA) is 41.9 Å². The molecule has 0 radical (unpaired) electrons. The molecule has 2 heterocycles. The molecule has 0 saturated heterocycles. The molecule has 116 valence electrons. The van der Waals surface area contributed by atoms with Gasteiger partial charge in [-0.2, -0.15) is 0 Å². The summed E-state index contributed by atoms with van der Waals surface area (Å²) in [6.45, 7) is 4.89. The summed E-state index contributed by atoms with van der Waals surface area (Å²) in [5.41, 5.74) is 4.13. The summed E-state index contributed by atoms with van der Waals surface area (Å²) in [7, 11) is 2.06. The fraction of sp³-hybridized carbons (Fsp3) is 0.211. The molecule has 4 nitrogen and oxygen atoms in total. The van der Waals surface area contributed by atoms with Crippen molar-refractivity contribution in [2.75, 3.05) is 11.9 Å². The van der Waals surface area contributed by atoms with Gasteiger partial charge in [-0.15, -0.1) is 0 Å². The fourth-order valence-corrected chi connectivity index (χ4v) is 2.53. The lowest BCUT2D eigenvalue weighted by molar-refractivity contribution is 0.876. The van der Waals surface area contributed by atoms with Gasteiger partial charge in [0.1, 0.15) is 11.5 Å². The molecular formula is C19H20N4. The summed E-state index contributed by atoms with van der Waals surface area (Å²) in [4.78, 5) is 15.9. The Morgan fingerprint density at radius 2 is 1.65 bits per heavy atom. The number of anilines is 1. The summed E-state index contributed by atoms with van der Waals surface area (Å²) in [6.07, 6.45) is 1.77. The Labute approximate surface area is 136 Å². The minimum atomic E-state index is 0.670. The summed E-state index contributed by atoms with van der Waals surface area (Å²) in [5.74, 6) is 1.62. The lowest BCUT2D eigenvalue weighted by Crippen LogP contribution is -2.20. The van der Waals surface area contributed by atoms with Crippen LogP contribution in [0, 0.1) is 13.8 Å². The highest BCUT2D eigenvalue weighted by atomic mass is 15.2. The standard InChI is InChI=1S/C19H20N4/c1-14-15(2)21-18(17-11-7-8-12-20-17)22-19(14)23(3)13-16-9-5-4-6-10-16/h4-12H,13H2,1-3H3. The van der Waals surface area contributed by atoms with Crippen molar-refractivity contribution >= 4 is 5.82 Å². The molecule has 0 aliphatic carbocycles. The average Bonchev–Trinajstić information content (AvgIpc) is 2.58. The predicted molar refractivity (Wildman–Crippen MR) is 93.3 cm³/mol. The third kappa shape index (κ3) is 3.37. The molecule has 3 rings (SSSR count). The van der Waals surface area contributed by atoms with Crippen LogP contribution < -0.4 is 4.90 Å². The first-order chi connectivity index (χ1) is 11.1. The number of pyridine rings is 1. The maximum Gasteiger partial charge on any atom is 0.180 e. The van der Waals surface area contributed by atoms with Gasteiger partial charge in [0, 0.05) is 31.0 Å². The Bertz CT molecular complexity index is 785. The Balaban J connectivity index is 1.96. The first kappa shape index (κ1) is 15.2. The molecule has 0 aliphatic heterocycles. The monoisotopic (exact) mass is 304 g/mol. The molecule has 0 unspecified atom stereocenters. The van der Waals surface area contributed by atoms with Crippen LogP contribution >= 0.6 is 0 Å². The van der Waals surface area contributed by atoms with Crippen LogP contribution in [-0.4, -0.2) is 22.0 Å². The highest BCUT2D eigenvalue weighted by Gasteiger charge is 2.14. The van der Waals surface area contributed by atoms with Gasteiger partial charge in [0.25, 0.3) is 0 Å². The van der Waals surface area contributed by atoms with Gasteiger partial charge in [0.2, 0.25) is 0 Å². The van der Waals surface area contributed by atoms with Crippen molar-refractivity contribution in [1.29, 1.82) is 0 Å². The number of hydrogen-bond acceptors (Lipinski definition) is 4. The van der Waals surface area contributed by atoms with Crippen LogP contribution in [0.1, 0.15) is 16.8 Å². The predicted octanol–water partition coefficient (Wildman–Crippen LogP) is 3.79. The number of hydrogen-bond donors (Lipinski definition) is 0. The minimum Gasteiger partial charge on any atom is -0.355 e. The van der Waals surface area contributed by atoms with Gasteiger partial charge in [0.05, 0.1) is 0 Å². The van der Waals surface area contributed by atoms with Crippen LogP contribution in [0.15, 0.2) is 54.7 Å². The first-order valence-electron chi connectivity index (χ1n) is 7.67. The molecule has 0 bridgehead atoms. The lowest BCUT2D eigenvalue weighted by Gasteiger charge is -2.21. The molecule has 0 spiro atoms. The fourth-order valence-electron chi connectivity index (χ4n) is 2.53. The van der Waals surface area contributed by atoms with Crippen LogP contribution in [-0.2, 0) is 6.54 Å². The van der Waals surface area contributed by atoms with Gasteiger partial charge < -0.3 is 4.90 Å². The molecule has 2 aromatic heterocycles. The van der Waals surface area contributed by atoms with Crippen LogP contribution in [0.5, 0.6) is 0 Å². The normalized spacial score (nSPS) is 10.6. The Morgan fingerprint density at radius 1 is 0.913 bits per heavy atom. The summed E-state index contributed by atoms with van der Waals surface area (Å²) in [6, 6.07) is 16.2. The van der Waals surface area contributed by atoms with E-state index in [1.54, 1.807) is 6.20 Å². The maximum absolute atomic E-state index is 4.75. The van der Waals surface area contributed by atoms with Crippen LogP contribution in [0.25, 0.3) is 11.5 Å². The average molecular weight is 304 g/mol. The van der Waals surface area contributed by atoms with Crippen molar-refractivity contribution < 1.29 is 0 Å². The van der Waals surface area contributed by atoms with E-state index in [0.29, 0.717) is 5.82 Å². The highest BCUT2D eigenvalue weighted by Crippen LogP contribution is 2.23. The van der Waals surface area contributed by atoms with Crippen molar-refractivity contribution in [2.24, 2.45) is 0 Å². The first-order valence-corrected chi connectivity index (χ1v) is 7.67. The van der Waals surface area contributed by atoms with Crippen molar-refractivity contribution in [1.82, 2.24) is 15.0 Å². The SMILES string of the molecule is Cc1nc(-c2ccccn2)nc(N(C)Cc2ccccc2)c1C.